The Balaban J connectivity index is 2.32. The summed E-state index contributed by atoms with van der Waals surface area (Å²) in [4.78, 5) is 3.99. The van der Waals surface area contributed by atoms with Crippen LogP contribution in [0.15, 0.2) is 4.99 Å². The van der Waals surface area contributed by atoms with Gasteiger partial charge in [0.15, 0.2) is 0 Å². The van der Waals surface area contributed by atoms with Crippen LogP contribution in [0.2, 0.25) is 0 Å². The largest absolute Gasteiger partial charge is 0.318 e. The monoisotopic (exact) mass is 116 g/mol. The molecular weight excluding hydrogens is 108 g/mol. The van der Waals surface area contributed by atoms with Crippen molar-refractivity contribution in [2.75, 3.05) is 12.3 Å². The Bertz CT molecular complexity index is 81.8. The number of hydrogen-bond donors (Lipinski definition) is 1. The van der Waals surface area contributed by atoms with Crippen LogP contribution in [-0.2, 0) is 0 Å². The first-order valence-corrected chi connectivity index (χ1v) is 3.30. The van der Waals surface area contributed by atoms with E-state index in [2.05, 4.69) is 4.99 Å². The van der Waals surface area contributed by atoms with Crippen molar-refractivity contribution < 1.29 is 0 Å². The molecule has 1 aliphatic heterocycles. The number of nitrogens with zero attached hydrogens (tertiary/aromatic N) is 1. The van der Waals surface area contributed by atoms with Crippen LogP contribution in [0.3, 0.4) is 0 Å². The summed E-state index contributed by atoms with van der Waals surface area (Å²) in [7, 11) is 0. The maximum absolute atomic E-state index is 5.48. The summed E-state index contributed by atoms with van der Waals surface area (Å²) in [5.41, 5.74) is 5.48. The molecule has 1 atom stereocenters. The second-order valence-electron chi connectivity index (χ2n) is 1.42. The Morgan fingerprint density at radius 2 is 2.71 bits per heavy atom. The molecule has 0 aromatic carbocycles. The van der Waals surface area contributed by atoms with E-state index in [1.54, 1.807) is 11.8 Å². The minimum atomic E-state index is 0.255. The summed E-state index contributed by atoms with van der Waals surface area (Å²) in [6, 6.07) is 0. The molecule has 0 amide bonds. The fourth-order valence-electron chi connectivity index (χ4n) is 0.450. The van der Waals surface area contributed by atoms with Crippen molar-refractivity contribution in [3.63, 3.8) is 0 Å². The molecule has 7 heavy (non-hydrogen) atoms. The highest BCUT2D eigenvalue weighted by Gasteiger charge is 2.02. The van der Waals surface area contributed by atoms with Gasteiger partial charge < -0.3 is 5.73 Å². The molecule has 1 heterocycles. The lowest BCUT2D eigenvalue weighted by molar-refractivity contribution is 0.910. The summed E-state index contributed by atoms with van der Waals surface area (Å²) in [6.45, 7) is 0.796. The summed E-state index contributed by atoms with van der Waals surface area (Å²) < 4.78 is 0. The first-order valence-electron chi connectivity index (χ1n) is 2.25. The molecule has 0 aromatic heterocycles. The molecule has 0 saturated carbocycles. The third-order valence-corrected chi connectivity index (χ3v) is 1.72. The molecule has 40 valence electrons. The van der Waals surface area contributed by atoms with E-state index in [0.717, 1.165) is 12.3 Å². The fraction of sp³-hybridized carbons (Fsp3) is 0.750. The van der Waals surface area contributed by atoms with Crippen molar-refractivity contribution >= 4 is 18.0 Å². The van der Waals surface area contributed by atoms with Crippen LogP contribution in [0, 0.1) is 0 Å². The topological polar surface area (TPSA) is 38.4 Å². The van der Waals surface area contributed by atoms with Gasteiger partial charge in [-0.1, -0.05) is 0 Å². The van der Waals surface area contributed by atoms with Gasteiger partial charge in [0.2, 0.25) is 0 Å². The summed E-state index contributed by atoms with van der Waals surface area (Å²) in [5.74, 6) is 0.987. The summed E-state index contributed by atoms with van der Waals surface area (Å²) in [5, 5.41) is 0.255. The average molecular weight is 116 g/mol. The Morgan fingerprint density at radius 3 is 3.00 bits per heavy atom. The quantitative estimate of drug-likeness (QED) is 0.487. The van der Waals surface area contributed by atoms with E-state index in [1.165, 1.54) is 0 Å². The molecule has 0 aromatic rings. The first kappa shape index (κ1) is 5.12. The molecule has 0 aliphatic carbocycles. The van der Waals surface area contributed by atoms with E-state index in [9.17, 15) is 0 Å². The van der Waals surface area contributed by atoms with E-state index in [1.807, 2.05) is 6.21 Å². The maximum Gasteiger partial charge on any atom is 0.0708 e. The van der Waals surface area contributed by atoms with Crippen LogP contribution in [0.1, 0.15) is 0 Å². The predicted octanol–water partition coefficient (Wildman–Crippen LogP) is 0.0888. The van der Waals surface area contributed by atoms with Crippen molar-refractivity contribution in [1.82, 2.24) is 0 Å². The summed E-state index contributed by atoms with van der Waals surface area (Å²) in [6.07, 6.45) is 1.91. The van der Waals surface area contributed by atoms with Crippen molar-refractivity contribution in [2.45, 2.75) is 5.37 Å². The molecule has 1 rings (SSSR count). The second kappa shape index (κ2) is 2.33. The van der Waals surface area contributed by atoms with Crippen molar-refractivity contribution in [3.8, 4) is 0 Å². The van der Waals surface area contributed by atoms with Gasteiger partial charge in [-0.3, -0.25) is 4.99 Å². The van der Waals surface area contributed by atoms with Crippen LogP contribution in [-0.4, -0.2) is 23.9 Å². The number of hydrogen-bond acceptors (Lipinski definition) is 3. The molecule has 2 nitrogen and oxygen atoms in total. The van der Waals surface area contributed by atoms with Crippen LogP contribution >= 0.6 is 11.8 Å². The van der Waals surface area contributed by atoms with Gasteiger partial charge in [0.1, 0.15) is 0 Å². The van der Waals surface area contributed by atoms with Crippen molar-refractivity contribution in [2.24, 2.45) is 10.7 Å². The Labute approximate surface area is 47.2 Å². The third kappa shape index (κ3) is 1.49. The zero-order chi connectivity index (χ0) is 5.11. The molecule has 0 radical (unpaired) electrons. The molecule has 1 aliphatic rings. The highest BCUT2D eigenvalue weighted by molar-refractivity contribution is 8.00. The lowest BCUT2D eigenvalue weighted by Gasteiger charge is -2.09. The molecule has 0 saturated heterocycles. The van der Waals surface area contributed by atoms with Gasteiger partial charge in [0.05, 0.1) is 11.9 Å². The number of thioether (sulfide) groups is 1. The van der Waals surface area contributed by atoms with Crippen LogP contribution < -0.4 is 5.73 Å². The predicted molar refractivity (Wildman–Crippen MR) is 33.8 cm³/mol. The van der Waals surface area contributed by atoms with E-state index >= 15 is 0 Å². The lowest BCUT2D eigenvalue weighted by Crippen LogP contribution is -2.22. The molecule has 3 heteroatoms. The lowest BCUT2D eigenvalue weighted by atomic mass is 10.6. The van der Waals surface area contributed by atoms with Crippen LogP contribution in [0.4, 0.5) is 0 Å². The zero-order valence-corrected chi connectivity index (χ0v) is 4.82. The molecular formula is C4H8N2S. The minimum Gasteiger partial charge on any atom is -0.318 e. The van der Waals surface area contributed by atoms with Gasteiger partial charge in [-0.25, -0.2) is 0 Å². The van der Waals surface area contributed by atoms with E-state index in [4.69, 9.17) is 5.73 Å². The molecule has 0 bridgehead atoms. The van der Waals surface area contributed by atoms with Crippen molar-refractivity contribution in [1.29, 1.82) is 0 Å². The zero-order valence-electron chi connectivity index (χ0n) is 4.00. The Hall–Kier alpha value is -0.0200. The maximum atomic E-state index is 5.48. The highest BCUT2D eigenvalue weighted by Crippen LogP contribution is 2.06. The summed E-state index contributed by atoms with van der Waals surface area (Å²) >= 11 is 1.75. The average Bonchev–Trinajstić information content (AvgIpc) is 1.69. The van der Waals surface area contributed by atoms with Gasteiger partial charge in [-0.2, -0.15) is 0 Å². The molecule has 1 unspecified atom stereocenters. The van der Waals surface area contributed by atoms with Crippen LogP contribution in [0.25, 0.3) is 0 Å². The normalized spacial score (nSPS) is 30.7. The van der Waals surface area contributed by atoms with Crippen molar-refractivity contribution in [3.05, 3.63) is 0 Å². The van der Waals surface area contributed by atoms with Gasteiger partial charge >= 0.3 is 0 Å². The Morgan fingerprint density at radius 1 is 1.86 bits per heavy atom. The van der Waals surface area contributed by atoms with E-state index in [0.29, 0.717) is 0 Å². The number of aliphatic imine (C=N–C) groups is 1. The third-order valence-electron chi connectivity index (χ3n) is 0.799. The van der Waals surface area contributed by atoms with Crippen LogP contribution in [0.5, 0.6) is 0 Å². The van der Waals surface area contributed by atoms with Gasteiger partial charge in [-0.15, -0.1) is 11.8 Å². The van der Waals surface area contributed by atoms with Gasteiger partial charge in [0.25, 0.3) is 0 Å². The first-order chi connectivity index (χ1) is 3.39. The minimum absolute atomic E-state index is 0.255. The fourth-order valence-corrected chi connectivity index (χ4v) is 1.08. The standard InChI is InChI=1S/C4H8N2S/c5-4-3-6-1-2-7-4/h1,4H,2-3,5H2. The van der Waals surface area contributed by atoms with Gasteiger partial charge in [0, 0.05) is 12.0 Å². The Kier molecular flexibility index (Phi) is 1.70. The molecule has 2 N–H and O–H groups in total. The SMILES string of the molecule is NC1CN=CCS1. The van der Waals surface area contributed by atoms with E-state index in [-0.39, 0.29) is 5.37 Å². The smallest absolute Gasteiger partial charge is 0.0708 e. The molecule has 0 spiro atoms. The van der Waals surface area contributed by atoms with E-state index < -0.39 is 0 Å². The second-order valence-corrected chi connectivity index (χ2v) is 2.69. The number of rotatable bonds is 0. The highest BCUT2D eigenvalue weighted by atomic mass is 32.2. The number of nitrogens with two attached hydrogens (primary N) is 1. The molecule has 0 fully saturated rings. The van der Waals surface area contributed by atoms with Gasteiger partial charge in [-0.05, 0) is 0 Å².